The van der Waals surface area contributed by atoms with E-state index in [1.807, 2.05) is 53.4 Å². The van der Waals surface area contributed by atoms with Crippen LogP contribution < -0.4 is 5.32 Å². The van der Waals surface area contributed by atoms with Crippen LogP contribution in [0.1, 0.15) is 22.6 Å². The van der Waals surface area contributed by atoms with E-state index in [0.717, 1.165) is 17.7 Å². The van der Waals surface area contributed by atoms with Crippen molar-refractivity contribution in [2.75, 3.05) is 52.1 Å². The monoisotopic (exact) mass is 515 g/mol. The molecular weight excluding hydrogens is 486 g/mol. The van der Waals surface area contributed by atoms with Crippen LogP contribution in [0, 0.1) is 17.2 Å². The van der Waals surface area contributed by atoms with Crippen molar-refractivity contribution in [2.45, 2.75) is 12.5 Å². The number of likely N-dealkylation sites (tertiary alicyclic amines) is 1. The number of carbonyl (C=O) groups is 1. The molecule has 4 rings (SSSR count). The smallest absolute Gasteiger partial charge is 0.320 e. The molecule has 2 unspecified atom stereocenters. The number of hydrogen-bond acceptors (Lipinski definition) is 5. The normalized spacial score (nSPS) is 21.2. The van der Waals surface area contributed by atoms with Gasteiger partial charge >= 0.3 is 6.03 Å². The second kappa shape index (κ2) is 11.0. The molecule has 0 saturated carbocycles. The van der Waals surface area contributed by atoms with E-state index in [9.17, 15) is 13.2 Å². The van der Waals surface area contributed by atoms with Crippen molar-refractivity contribution in [1.29, 1.82) is 5.26 Å². The molecule has 1 N–H and O–H groups in total. The molecule has 0 aromatic heterocycles. The predicted molar refractivity (Wildman–Crippen MR) is 136 cm³/mol. The zero-order valence-corrected chi connectivity index (χ0v) is 21.3. The molecule has 2 aliphatic rings. The predicted octanol–water partition coefficient (Wildman–Crippen LogP) is 2.71. The highest BCUT2D eigenvalue weighted by Gasteiger charge is 2.38. The summed E-state index contributed by atoms with van der Waals surface area (Å²) in [4.78, 5) is 17.0. The standard InChI is InChI=1S/C25H30ClN5O3S/c1-35(33,34)31-12-10-29(11-13-31)25(32)30-17-22(24(18-30)21-6-8-23(26)9-7-21)16-28-15-20-4-2-19(14-27)3-5-20/h2-9,22,24,28H,10-13,15-18H2,1H3. The number of carbonyl (C=O) groups excluding carboxylic acids is 1. The van der Waals surface area contributed by atoms with Crippen molar-refractivity contribution in [2.24, 2.45) is 5.92 Å². The number of hydrogen-bond donors (Lipinski definition) is 1. The van der Waals surface area contributed by atoms with Gasteiger partial charge in [-0.25, -0.2) is 13.2 Å². The Morgan fingerprint density at radius 1 is 1.03 bits per heavy atom. The van der Waals surface area contributed by atoms with Gasteiger partial charge in [0.1, 0.15) is 0 Å². The fourth-order valence-electron chi connectivity index (χ4n) is 4.83. The maximum Gasteiger partial charge on any atom is 0.320 e. The van der Waals surface area contributed by atoms with Crippen molar-refractivity contribution in [3.8, 4) is 6.07 Å². The molecule has 2 amide bonds. The van der Waals surface area contributed by atoms with Crippen LogP contribution in [0.2, 0.25) is 5.02 Å². The molecule has 35 heavy (non-hydrogen) atoms. The lowest BCUT2D eigenvalue weighted by Gasteiger charge is -2.35. The molecule has 2 fully saturated rings. The summed E-state index contributed by atoms with van der Waals surface area (Å²) in [6, 6.07) is 17.4. The number of nitriles is 1. The number of amides is 2. The number of nitrogens with zero attached hydrogens (tertiary/aromatic N) is 4. The maximum atomic E-state index is 13.3. The minimum absolute atomic E-state index is 0.0355. The van der Waals surface area contributed by atoms with Crippen LogP contribution in [-0.2, 0) is 16.6 Å². The highest BCUT2D eigenvalue weighted by molar-refractivity contribution is 7.88. The molecule has 2 aromatic rings. The number of urea groups is 1. The molecule has 2 saturated heterocycles. The Morgan fingerprint density at radius 2 is 1.69 bits per heavy atom. The summed E-state index contributed by atoms with van der Waals surface area (Å²) in [7, 11) is -3.24. The lowest BCUT2D eigenvalue weighted by atomic mass is 9.89. The summed E-state index contributed by atoms with van der Waals surface area (Å²) in [5, 5.41) is 13.2. The summed E-state index contributed by atoms with van der Waals surface area (Å²) < 4.78 is 25.0. The van der Waals surface area contributed by atoms with Crippen LogP contribution in [0.5, 0.6) is 0 Å². The molecule has 2 heterocycles. The van der Waals surface area contributed by atoms with Gasteiger partial charge in [-0.05, 0) is 41.3 Å². The average molecular weight is 516 g/mol. The molecule has 8 nitrogen and oxygen atoms in total. The van der Waals surface area contributed by atoms with Gasteiger partial charge in [-0.15, -0.1) is 0 Å². The number of piperazine rings is 1. The van der Waals surface area contributed by atoms with Crippen LogP contribution >= 0.6 is 11.6 Å². The van der Waals surface area contributed by atoms with E-state index < -0.39 is 10.0 Å². The molecule has 2 aliphatic heterocycles. The Labute approximate surface area is 212 Å². The van der Waals surface area contributed by atoms with E-state index in [-0.39, 0.29) is 17.9 Å². The molecule has 0 bridgehead atoms. The molecule has 186 valence electrons. The van der Waals surface area contributed by atoms with Gasteiger partial charge in [-0.3, -0.25) is 0 Å². The fraction of sp³-hybridized carbons (Fsp3) is 0.440. The summed E-state index contributed by atoms with van der Waals surface area (Å²) in [6.07, 6.45) is 1.21. The van der Waals surface area contributed by atoms with E-state index in [1.54, 1.807) is 4.90 Å². The molecule has 0 aliphatic carbocycles. The zero-order chi connectivity index (χ0) is 25.0. The zero-order valence-electron chi connectivity index (χ0n) is 19.7. The molecule has 0 radical (unpaired) electrons. The van der Waals surface area contributed by atoms with Crippen LogP contribution in [0.4, 0.5) is 4.79 Å². The Morgan fingerprint density at radius 3 is 2.29 bits per heavy atom. The van der Waals surface area contributed by atoms with Crippen molar-refractivity contribution < 1.29 is 13.2 Å². The maximum absolute atomic E-state index is 13.3. The van der Waals surface area contributed by atoms with E-state index in [1.165, 1.54) is 10.6 Å². The first kappa shape index (κ1) is 25.5. The topological polar surface area (TPSA) is 96.8 Å². The average Bonchev–Trinajstić information content (AvgIpc) is 3.28. The van der Waals surface area contributed by atoms with Crippen LogP contribution in [0.25, 0.3) is 0 Å². The number of benzene rings is 2. The molecular formula is C25H30ClN5O3S. The third-order valence-corrected chi connectivity index (χ3v) is 8.36. The summed E-state index contributed by atoms with van der Waals surface area (Å²) >= 11 is 6.10. The Bertz CT molecular complexity index is 1170. The third kappa shape index (κ3) is 6.33. The summed E-state index contributed by atoms with van der Waals surface area (Å²) in [5.74, 6) is 0.387. The lowest BCUT2D eigenvalue weighted by molar-refractivity contribution is 0.141. The van der Waals surface area contributed by atoms with Gasteiger partial charge in [0.2, 0.25) is 10.0 Å². The van der Waals surface area contributed by atoms with Crippen LogP contribution in [0.15, 0.2) is 48.5 Å². The van der Waals surface area contributed by atoms with E-state index in [0.29, 0.717) is 56.4 Å². The van der Waals surface area contributed by atoms with Gasteiger partial charge in [-0.2, -0.15) is 9.57 Å². The first-order valence-electron chi connectivity index (χ1n) is 11.7. The van der Waals surface area contributed by atoms with Gasteiger partial charge < -0.3 is 15.1 Å². The van der Waals surface area contributed by atoms with Crippen molar-refractivity contribution in [3.63, 3.8) is 0 Å². The Kier molecular flexibility index (Phi) is 7.97. The molecule has 2 aromatic carbocycles. The first-order chi connectivity index (χ1) is 16.7. The number of sulfonamides is 1. The van der Waals surface area contributed by atoms with Crippen molar-refractivity contribution >= 4 is 27.7 Å². The molecule has 10 heteroatoms. The number of rotatable bonds is 6. The van der Waals surface area contributed by atoms with Gasteiger partial charge in [0, 0.05) is 63.3 Å². The van der Waals surface area contributed by atoms with Crippen molar-refractivity contribution in [1.82, 2.24) is 19.4 Å². The van der Waals surface area contributed by atoms with Gasteiger partial charge in [-0.1, -0.05) is 35.9 Å². The van der Waals surface area contributed by atoms with E-state index in [4.69, 9.17) is 16.9 Å². The second-order valence-electron chi connectivity index (χ2n) is 9.19. The first-order valence-corrected chi connectivity index (χ1v) is 13.9. The van der Waals surface area contributed by atoms with Gasteiger partial charge in [0.25, 0.3) is 0 Å². The highest BCUT2D eigenvalue weighted by Crippen LogP contribution is 2.34. The number of nitrogens with one attached hydrogen (secondary N) is 1. The largest absolute Gasteiger partial charge is 0.324 e. The summed E-state index contributed by atoms with van der Waals surface area (Å²) in [6.45, 7) is 4.10. The van der Waals surface area contributed by atoms with Gasteiger partial charge in [0.05, 0.1) is 17.9 Å². The van der Waals surface area contributed by atoms with E-state index >= 15 is 0 Å². The van der Waals surface area contributed by atoms with E-state index in [2.05, 4.69) is 11.4 Å². The minimum atomic E-state index is -3.24. The summed E-state index contributed by atoms with van der Waals surface area (Å²) in [5.41, 5.74) is 2.89. The van der Waals surface area contributed by atoms with Crippen molar-refractivity contribution in [3.05, 3.63) is 70.2 Å². The Hall–Kier alpha value is -2.64. The fourth-order valence-corrected chi connectivity index (χ4v) is 5.78. The Balaban J connectivity index is 1.41. The van der Waals surface area contributed by atoms with Crippen LogP contribution in [0.3, 0.4) is 0 Å². The number of halogens is 1. The second-order valence-corrected chi connectivity index (χ2v) is 11.6. The third-order valence-electron chi connectivity index (χ3n) is 6.81. The molecule has 2 atom stereocenters. The highest BCUT2D eigenvalue weighted by atomic mass is 35.5. The SMILES string of the molecule is CS(=O)(=O)N1CCN(C(=O)N2CC(CNCc3ccc(C#N)cc3)C(c3ccc(Cl)cc3)C2)CC1. The quantitative estimate of drug-likeness (QED) is 0.638. The minimum Gasteiger partial charge on any atom is -0.324 e. The van der Waals surface area contributed by atoms with Gasteiger partial charge in [0.15, 0.2) is 0 Å². The van der Waals surface area contributed by atoms with Crippen LogP contribution in [-0.4, -0.2) is 80.6 Å². The lowest BCUT2D eigenvalue weighted by Crippen LogP contribution is -2.53. The molecule has 0 spiro atoms.